The van der Waals surface area contributed by atoms with Gasteiger partial charge in [-0.15, -0.1) is 6.42 Å². The fourth-order valence-corrected chi connectivity index (χ4v) is 0.874. The molecule has 0 aliphatic heterocycles. The van der Waals surface area contributed by atoms with E-state index in [9.17, 15) is 0 Å². The molecule has 0 fully saturated rings. The van der Waals surface area contributed by atoms with Gasteiger partial charge in [0.1, 0.15) is 17.5 Å². The van der Waals surface area contributed by atoms with Crippen LogP contribution in [-0.4, -0.2) is 19.9 Å². The molecule has 0 aromatic carbocycles. The number of fused-ring (bicyclic) bond motifs is 1. The van der Waals surface area contributed by atoms with E-state index < -0.39 is 0 Å². The maximum atomic E-state index is 5.19. The lowest BCUT2D eigenvalue weighted by Crippen LogP contribution is -1.86. The maximum Gasteiger partial charge on any atom is 0.181 e. The first-order valence-electron chi connectivity index (χ1n) is 3.02. The fourth-order valence-electron chi connectivity index (χ4n) is 0.874. The number of H-pyrrole nitrogens is 1. The highest BCUT2D eigenvalue weighted by Crippen LogP contribution is 2.06. The summed E-state index contributed by atoms with van der Waals surface area (Å²) in [4.78, 5) is 14.6. The van der Waals surface area contributed by atoms with Crippen LogP contribution in [0.15, 0.2) is 12.7 Å². The molecule has 0 aliphatic carbocycles. The number of rotatable bonds is 0. The molecular formula is C7H4N4. The van der Waals surface area contributed by atoms with Crippen molar-refractivity contribution in [3.63, 3.8) is 0 Å². The third-order valence-electron chi connectivity index (χ3n) is 1.36. The predicted octanol–water partition coefficient (Wildman–Crippen LogP) is 0.334. The van der Waals surface area contributed by atoms with Crippen molar-refractivity contribution in [3.8, 4) is 12.3 Å². The highest BCUT2D eigenvalue weighted by Gasteiger charge is 2.00. The van der Waals surface area contributed by atoms with Crippen molar-refractivity contribution in [2.75, 3.05) is 0 Å². The molecule has 2 rings (SSSR count). The molecule has 0 saturated carbocycles. The van der Waals surface area contributed by atoms with Crippen LogP contribution in [0.4, 0.5) is 0 Å². The summed E-state index contributed by atoms with van der Waals surface area (Å²) < 4.78 is 0. The van der Waals surface area contributed by atoms with Crippen LogP contribution in [0.3, 0.4) is 0 Å². The summed E-state index contributed by atoms with van der Waals surface area (Å²) in [6, 6.07) is 0. The maximum absolute atomic E-state index is 5.19. The van der Waals surface area contributed by atoms with Gasteiger partial charge in [-0.05, 0) is 5.92 Å². The second kappa shape index (κ2) is 2.06. The van der Waals surface area contributed by atoms with Crippen LogP contribution in [-0.2, 0) is 0 Å². The molecule has 0 aliphatic rings. The van der Waals surface area contributed by atoms with Gasteiger partial charge in [0.05, 0.1) is 6.33 Å². The molecule has 0 saturated heterocycles. The van der Waals surface area contributed by atoms with Gasteiger partial charge in [-0.2, -0.15) is 0 Å². The smallest absolute Gasteiger partial charge is 0.181 e. The number of imidazole rings is 1. The Labute approximate surface area is 62.7 Å². The highest BCUT2D eigenvalue weighted by molar-refractivity contribution is 5.75. The summed E-state index contributed by atoms with van der Waals surface area (Å²) in [7, 11) is 0. The van der Waals surface area contributed by atoms with Crippen molar-refractivity contribution in [1.29, 1.82) is 0 Å². The zero-order chi connectivity index (χ0) is 7.68. The average molecular weight is 144 g/mol. The van der Waals surface area contributed by atoms with E-state index in [1.807, 2.05) is 0 Å². The van der Waals surface area contributed by atoms with E-state index in [1.165, 1.54) is 6.33 Å². The van der Waals surface area contributed by atoms with Crippen molar-refractivity contribution < 1.29 is 0 Å². The molecule has 0 spiro atoms. The third-order valence-corrected chi connectivity index (χ3v) is 1.36. The minimum absolute atomic E-state index is 0.549. The van der Waals surface area contributed by atoms with Crippen LogP contribution in [0.25, 0.3) is 11.2 Å². The van der Waals surface area contributed by atoms with Crippen LogP contribution in [0, 0.1) is 12.3 Å². The van der Waals surface area contributed by atoms with Crippen molar-refractivity contribution in [2.45, 2.75) is 0 Å². The Balaban J connectivity index is 2.92. The Bertz CT molecular complexity index is 423. The lowest BCUT2D eigenvalue weighted by Gasteiger charge is -1.88. The average Bonchev–Trinajstić information content (AvgIpc) is 2.50. The normalized spacial score (nSPS) is 9.73. The van der Waals surface area contributed by atoms with Crippen molar-refractivity contribution in [2.24, 2.45) is 0 Å². The van der Waals surface area contributed by atoms with Gasteiger partial charge in [-0.3, -0.25) is 0 Å². The molecule has 4 heteroatoms. The van der Waals surface area contributed by atoms with E-state index in [-0.39, 0.29) is 0 Å². The van der Waals surface area contributed by atoms with Gasteiger partial charge in [0.2, 0.25) is 0 Å². The number of terminal acetylenes is 1. The lowest BCUT2D eigenvalue weighted by molar-refractivity contribution is 1.18. The number of hydrogen-bond donors (Lipinski definition) is 1. The van der Waals surface area contributed by atoms with E-state index in [1.54, 1.807) is 6.33 Å². The Kier molecular flexibility index (Phi) is 1.10. The van der Waals surface area contributed by atoms with Crippen molar-refractivity contribution in [3.05, 3.63) is 18.3 Å². The van der Waals surface area contributed by atoms with E-state index in [0.717, 1.165) is 5.52 Å². The van der Waals surface area contributed by atoms with E-state index in [2.05, 4.69) is 25.9 Å². The Morgan fingerprint density at radius 3 is 3.09 bits per heavy atom. The van der Waals surface area contributed by atoms with Gasteiger partial charge in [0.15, 0.2) is 5.65 Å². The van der Waals surface area contributed by atoms with E-state index in [4.69, 9.17) is 6.42 Å². The summed E-state index contributed by atoms with van der Waals surface area (Å²) in [5.41, 5.74) is 1.87. The zero-order valence-electron chi connectivity index (χ0n) is 5.57. The molecule has 0 unspecified atom stereocenters. The Morgan fingerprint density at radius 1 is 1.36 bits per heavy atom. The molecule has 0 atom stereocenters. The molecular weight excluding hydrogens is 140 g/mol. The van der Waals surface area contributed by atoms with Crippen LogP contribution >= 0.6 is 0 Å². The molecule has 0 amide bonds. The summed E-state index contributed by atoms with van der Waals surface area (Å²) >= 11 is 0. The second-order valence-corrected chi connectivity index (χ2v) is 1.97. The molecule has 0 bridgehead atoms. The molecule has 11 heavy (non-hydrogen) atoms. The predicted molar refractivity (Wildman–Crippen MR) is 39.6 cm³/mol. The van der Waals surface area contributed by atoms with Crippen molar-refractivity contribution in [1.82, 2.24) is 19.9 Å². The van der Waals surface area contributed by atoms with Gasteiger partial charge in [0.25, 0.3) is 0 Å². The topological polar surface area (TPSA) is 54.5 Å². The van der Waals surface area contributed by atoms with Gasteiger partial charge in [0, 0.05) is 0 Å². The molecule has 2 aromatic heterocycles. The summed E-state index contributed by atoms with van der Waals surface area (Å²) in [5, 5.41) is 0. The number of aromatic amines is 1. The third kappa shape index (κ3) is 0.749. The quantitative estimate of drug-likeness (QED) is 0.542. The first kappa shape index (κ1) is 5.86. The first-order valence-corrected chi connectivity index (χ1v) is 3.02. The monoisotopic (exact) mass is 144 g/mol. The summed E-state index contributed by atoms with van der Waals surface area (Å²) in [6.07, 6.45) is 8.13. The Morgan fingerprint density at radius 2 is 2.27 bits per heavy atom. The standard InChI is InChI=1S/C7H4N4/c1-2-5-6-7(10-3-8-5)11-4-9-6/h1,3-4H,(H,8,9,10,11). The minimum Gasteiger partial charge on any atom is -0.341 e. The van der Waals surface area contributed by atoms with Crippen LogP contribution in [0.2, 0.25) is 0 Å². The van der Waals surface area contributed by atoms with Gasteiger partial charge < -0.3 is 4.98 Å². The SMILES string of the molecule is C#Cc1ncnc2nc[nH]c12. The van der Waals surface area contributed by atoms with E-state index in [0.29, 0.717) is 11.3 Å². The summed E-state index contributed by atoms with van der Waals surface area (Å²) in [5.74, 6) is 2.43. The largest absolute Gasteiger partial charge is 0.341 e. The number of aromatic nitrogens is 4. The first-order chi connectivity index (χ1) is 5.42. The number of nitrogens with one attached hydrogen (secondary N) is 1. The molecule has 1 N–H and O–H groups in total. The van der Waals surface area contributed by atoms with Crippen molar-refractivity contribution >= 4 is 11.2 Å². The Hall–Kier alpha value is -1.89. The van der Waals surface area contributed by atoms with E-state index >= 15 is 0 Å². The fraction of sp³-hybridized carbons (Fsp3) is 0. The molecule has 0 radical (unpaired) electrons. The van der Waals surface area contributed by atoms with Crippen LogP contribution in [0.5, 0.6) is 0 Å². The molecule has 2 aromatic rings. The second-order valence-electron chi connectivity index (χ2n) is 1.97. The van der Waals surface area contributed by atoms with Crippen LogP contribution < -0.4 is 0 Å². The van der Waals surface area contributed by atoms with Gasteiger partial charge >= 0.3 is 0 Å². The van der Waals surface area contributed by atoms with Gasteiger partial charge in [-0.25, -0.2) is 15.0 Å². The zero-order valence-corrected chi connectivity index (χ0v) is 5.57. The summed E-state index contributed by atoms with van der Waals surface area (Å²) in [6.45, 7) is 0. The van der Waals surface area contributed by atoms with Gasteiger partial charge in [-0.1, -0.05) is 0 Å². The minimum atomic E-state index is 0.549. The molecule has 2 heterocycles. The van der Waals surface area contributed by atoms with Crippen LogP contribution in [0.1, 0.15) is 5.69 Å². The molecule has 52 valence electrons. The molecule has 4 nitrogen and oxygen atoms in total. The highest BCUT2D eigenvalue weighted by atomic mass is 15.0. The number of hydrogen-bond acceptors (Lipinski definition) is 3. The lowest BCUT2D eigenvalue weighted by atomic mass is 10.4. The number of nitrogens with zero attached hydrogens (tertiary/aromatic N) is 3.